The molecule has 6 heteroatoms. The molecule has 0 radical (unpaired) electrons. The molecular weight excluding hydrogens is 377 g/mol. The number of ether oxygens (including phenoxy) is 1. The van der Waals surface area contributed by atoms with E-state index in [0.29, 0.717) is 22.2 Å². The normalized spacial score (nSPS) is 10.3. The summed E-state index contributed by atoms with van der Waals surface area (Å²) in [6.07, 6.45) is 1.77. The zero-order valence-electron chi connectivity index (χ0n) is 10.6. The highest BCUT2D eigenvalue weighted by atomic mass is 127. The molecule has 1 heterocycles. The van der Waals surface area contributed by atoms with E-state index in [9.17, 15) is 0 Å². The molecule has 1 N–H and O–H groups in total. The highest BCUT2D eigenvalue weighted by molar-refractivity contribution is 14.1. The summed E-state index contributed by atoms with van der Waals surface area (Å²) >= 11 is 8.42. The van der Waals surface area contributed by atoms with E-state index in [0.717, 1.165) is 15.9 Å². The van der Waals surface area contributed by atoms with E-state index in [2.05, 4.69) is 37.9 Å². The maximum Gasteiger partial charge on any atom is 0.166 e. The molecule has 0 unspecified atom stereocenters. The van der Waals surface area contributed by atoms with Crippen molar-refractivity contribution in [1.82, 2.24) is 9.97 Å². The second-order valence-electron chi connectivity index (χ2n) is 3.74. The molecule has 0 aliphatic rings. The first-order valence-corrected chi connectivity index (χ1v) is 7.22. The van der Waals surface area contributed by atoms with E-state index in [4.69, 9.17) is 16.3 Å². The number of hydrogen-bond acceptors (Lipinski definition) is 4. The SMILES string of the molecule is CCNc1nc(-c2c(Cl)cccc2OC)ncc1I. The highest BCUT2D eigenvalue weighted by Crippen LogP contribution is 2.35. The fourth-order valence-corrected chi connectivity index (χ4v) is 2.37. The molecule has 0 atom stereocenters. The molecule has 0 bridgehead atoms. The Kier molecular flexibility index (Phi) is 4.81. The van der Waals surface area contributed by atoms with Gasteiger partial charge in [-0.15, -0.1) is 0 Å². The van der Waals surface area contributed by atoms with Gasteiger partial charge in [0.15, 0.2) is 5.82 Å². The summed E-state index contributed by atoms with van der Waals surface area (Å²) in [5.74, 6) is 2.02. The van der Waals surface area contributed by atoms with Crippen LogP contribution in [-0.4, -0.2) is 23.6 Å². The summed E-state index contributed by atoms with van der Waals surface area (Å²) in [5, 5.41) is 3.77. The fourth-order valence-electron chi connectivity index (χ4n) is 1.67. The number of benzene rings is 1. The van der Waals surface area contributed by atoms with Gasteiger partial charge in [-0.3, -0.25) is 0 Å². The Hall–Kier alpha value is -1.08. The highest BCUT2D eigenvalue weighted by Gasteiger charge is 2.14. The molecule has 0 saturated heterocycles. The maximum atomic E-state index is 6.23. The van der Waals surface area contributed by atoms with Crippen LogP contribution in [0.5, 0.6) is 5.75 Å². The quantitative estimate of drug-likeness (QED) is 0.807. The van der Waals surface area contributed by atoms with Crippen molar-refractivity contribution < 1.29 is 4.74 Å². The van der Waals surface area contributed by atoms with E-state index in [1.807, 2.05) is 19.1 Å². The molecule has 19 heavy (non-hydrogen) atoms. The third-order valence-electron chi connectivity index (χ3n) is 2.51. The van der Waals surface area contributed by atoms with Crippen LogP contribution in [0.25, 0.3) is 11.4 Å². The minimum absolute atomic E-state index is 0.554. The van der Waals surface area contributed by atoms with Crippen molar-refractivity contribution in [1.29, 1.82) is 0 Å². The number of nitrogens with one attached hydrogen (secondary N) is 1. The lowest BCUT2D eigenvalue weighted by molar-refractivity contribution is 0.416. The molecule has 1 aromatic carbocycles. The van der Waals surface area contributed by atoms with Gasteiger partial charge in [0.25, 0.3) is 0 Å². The van der Waals surface area contributed by atoms with Crippen LogP contribution in [0, 0.1) is 3.57 Å². The Bertz CT molecular complexity index is 592. The molecule has 2 rings (SSSR count). The number of hydrogen-bond donors (Lipinski definition) is 1. The minimum atomic E-state index is 0.554. The van der Waals surface area contributed by atoms with Crippen molar-refractivity contribution in [3.8, 4) is 17.1 Å². The van der Waals surface area contributed by atoms with E-state index in [-0.39, 0.29) is 0 Å². The first kappa shape index (κ1) is 14.3. The summed E-state index contributed by atoms with van der Waals surface area (Å²) in [6, 6.07) is 5.48. The lowest BCUT2D eigenvalue weighted by Gasteiger charge is -2.11. The summed E-state index contributed by atoms with van der Waals surface area (Å²) in [7, 11) is 1.60. The Morgan fingerprint density at radius 1 is 1.42 bits per heavy atom. The molecule has 0 aliphatic carbocycles. The fraction of sp³-hybridized carbons (Fsp3) is 0.231. The second-order valence-corrected chi connectivity index (χ2v) is 5.31. The molecule has 2 aromatic rings. The molecular formula is C13H13ClIN3O. The van der Waals surface area contributed by atoms with Gasteiger partial charge in [0.1, 0.15) is 11.6 Å². The van der Waals surface area contributed by atoms with Gasteiger partial charge in [-0.05, 0) is 41.6 Å². The lowest BCUT2D eigenvalue weighted by atomic mass is 10.2. The van der Waals surface area contributed by atoms with Gasteiger partial charge >= 0.3 is 0 Å². The van der Waals surface area contributed by atoms with Crippen molar-refractivity contribution in [2.75, 3.05) is 19.0 Å². The Morgan fingerprint density at radius 3 is 2.89 bits per heavy atom. The Balaban J connectivity index is 2.56. The molecule has 0 saturated carbocycles. The van der Waals surface area contributed by atoms with E-state index in [1.54, 1.807) is 19.4 Å². The van der Waals surface area contributed by atoms with Gasteiger partial charge in [0, 0.05) is 12.7 Å². The van der Waals surface area contributed by atoms with Gasteiger partial charge < -0.3 is 10.1 Å². The van der Waals surface area contributed by atoms with Gasteiger partial charge in [-0.1, -0.05) is 17.7 Å². The smallest absolute Gasteiger partial charge is 0.166 e. The van der Waals surface area contributed by atoms with E-state index >= 15 is 0 Å². The summed E-state index contributed by atoms with van der Waals surface area (Å²) < 4.78 is 6.29. The first-order valence-electron chi connectivity index (χ1n) is 5.76. The van der Waals surface area contributed by atoms with Crippen LogP contribution in [0.2, 0.25) is 5.02 Å². The average molecular weight is 390 g/mol. The van der Waals surface area contributed by atoms with Crippen LogP contribution in [0.1, 0.15) is 6.92 Å². The third-order valence-corrected chi connectivity index (χ3v) is 3.61. The molecule has 0 fully saturated rings. The van der Waals surface area contributed by atoms with Gasteiger partial charge in [-0.25, -0.2) is 9.97 Å². The molecule has 1 aromatic heterocycles. The Labute approximate surface area is 130 Å². The van der Waals surface area contributed by atoms with Crippen molar-refractivity contribution in [3.63, 3.8) is 0 Å². The number of halogens is 2. The molecule has 0 amide bonds. The van der Waals surface area contributed by atoms with Crippen LogP contribution < -0.4 is 10.1 Å². The zero-order chi connectivity index (χ0) is 13.8. The largest absolute Gasteiger partial charge is 0.496 e. The van der Waals surface area contributed by atoms with Crippen molar-refractivity contribution >= 4 is 40.0 Å². The molecule has 0 spiro atoms. The van der Waals surface area contributed by atoms with Gasteiger partial charge in [-0.2, -0.15) is 0 Å². The topological polar surface area (TPSA) is 47.0 Å². The van der Waals surface area contributed by atoms with Crippen LogP contribution in [0.3, 0.4) is 0 Å². The van der Waals surface area contributed by atoms with Gasteiger partial charge in [0.2, 0.25) is 0 Å². The second kappa shape index (κ2) is 6.38. The van der Waals surface area contributed by atoms with Crippen LogP contribution >= 0.6 is 34.2 Å². The van der Waals surface area contributed by atoms with Crippen LogP contribution in [-0.2, 0) is 0 Å². The zero-order valence-corrected chi connectivity index (χ0v) is 13.5. The maximum absolute atomic E-state index is 6.23. The summed E-state index contributed by atoms with van der Waals surface area (Å²) in [5.41, 5.74) is 0.710. The molecule has 100 valence electrons. The summed E-state index contributed by atoms with van der Waals surface area (Å²) in [6.45, 7) is 2.82. The van der Waals surface area contributed by atoms with E-state index in [1.165, 1.54) is 0 Å². The Morgan fingerprint density at radius 2 is 2.21 bits per heavy atom. The van der Waals surface area contributed by atoms with Crippen LogP contribution in [0.4, 0.5) is 5.82 Å². The van der Waals surface area contributed by atoms with Crippen molar-refractivity contribution in [2.24, 2.45) is 0 Å². The minimum Gasteiger partial charge on any atom is -0.496 e. The van der Waals surface area contributed by atoms with Gasteiger partial charge in [0.05, 0.1) is 21.3 Å². The number of rotatable bonds is 4. The van der Waals surface area contributed by atoms with E-state index < -0.39 is 0 Å². The lowest BCUT2D eigenvalue weighted by Crippen LogP contribution is -2.04. The van der Waals surface area contributed by atoms with Crippen molar-refractivity contribution in [2.45, 2.75) is 6.92 Å². The number of aromatic nitrogens is 2. The predicted octanol–water partition coefficient (Wildman–Crippen LogP) is 3.84. The standard InChI is InChI=1S/C13H13ClIN3O/c1-3-16-12-9(15)7-17-13(18-12)11-8(14)5-4-6-10(11)19-2/h4-7H,3H2,1-2H3,(H,16,17,18). The number of methoxy groups -OCH3 is 1. The first-order chi connectivity index (χ1) is 9.17. The van der Waals surface area contributed by atoms with Crippen molar-refractivity contribution in [3.05, 3.63) is 33.0 Å². The molecule has 0 aliphatic heterocycles. The number of anilines is 1. The average Bonchev–Trinajstić information content (AvgIpc) is 2.41. The summed E-state index contributed by atoms with van der Waals surface area (Å²) in [4.78, 5) is 8.85. The third kappa shape index (κ3) is 3.09. The number of nitrogens with zero attached hydrogens (tertiary/aromatic N) is 2. The predicted molar refractivity (Wildman–Crippen MR) is 85.9 cm³/mol. The van der Waals surface area contributed by atoms with Crippen LogP contribution in [0.15, 0.2) is 24.4 Å². The monoisotopic (exact) mass is 389 g/mol. The molecule has 4 nitrogen and oxygen atoms in total.